The Morgan fingerprint density at radius 2 is 2.19 bits per heavy atom. The normalized spacial score (nSPS) is 12.2. The first-order valence-electron chi connectivity index (χ1n) is 4.27. The number of carboxylic acid groups (broad SMARTS) is 1. The lowest BCUT2D eigenvalue weighted by atomic mass is 10.1. The van der Waals surface area contributed by atoms with Crippen molar-refractivity contribution in [2.75, 3.05) is 12.1 Å². The molecule has 0 bridgehead atoms. The number of hydrogen-bond donors (Lipinski definition) is 1. The van der Waals surface area contributed by atoms with Crippen LogP contribution in [0, 0.1) is 6.92 Å². The molecule has 88 valence electrons. The molecule has 0 saturated heterocycles. The summed E-state index contributed by atoms with van der Waals surface area (Å²) in [4.78, 5) is 10.9. The number of hydroxylamine groups is 1. The van der Waals surface area contributed by atoms with Gasteiger partial charge in [-0.25, -0.2) is 14.1 Å². The van der Waals surface area contributed by atoms with Crippen LogP contribution in [-0.2, 0) is 15.6 Å². The van der Waals surface area contributed by atoms with E-state index in [1.165, 1.54) is 19.2 Å². The van der Waals surface area contributed by atoms with Crippen molar-refractivity contribution < 1.29 is 22.9 Å². The molecule has 1 rings (SSSR count). The average Bonchev–Trinajstić information content (AvgIpc) is 2.16. The highest BCUT2D eigenvalue weighted by Gasteiger charge is 2.14. The minimum Gasteiger partial charge on any atom is -0.748 e. The second-order valence-electron chi connectivity index (χ2n) is 3.10. The molecule has 0 aliphatic carbocycles. The largest absolute Gasteiger partial charge is 0.748 e. The van der Waals surface area contributed by atoms with E-state index in [-0.39, 0.29) is 11.3 Å². The third-order valence-electron chi connectivity index (χ3n) is 1.89. The number of aromatic carboxylic acids is 1. The zero-order valence-electron chi connectivity index (χ0n) is 8.67. The maximum atomic E-state index is 10.9. The fraction of sp³-hybridized carbons (Fsp3) is 0.222. The first-order valence-corrected chi connectivity index (χ1v) is 5.27. The predicted octanol–water partition coefficient (Wildman–Crippen LogP) is 0.855. The zero-order chi connectivity index (χ0) is 12.3. The van der Waals surface area contributed by atoms with Crippen LogP contribution in [0.4, 0.5) is 5.69 Å². The van der Waals surface area contributed by atoms with Gasteiger partial charge in [0.25, 0.3) is 0 Å². The van der Waals surface area contributed by atoms with Crippen LogP contribution >= 0.6 is 0 Å². The van der Waals surface area contributed by atoms with Crippen LogP contribution in [0.5, 0.6) is 0 Å². The molecule has 0 aliphatic heterocycles. The fourth-order valence-corrected chi connectivity index (χ4v) is 1.49. The highest BCUT2D eigenvalue weighted by Crippen LogP contribution is 2.21. The van der Waals surface area contributed by atoms with Crippen LogP contribution in [-0.4, -0.2) is 26.9 Å². The van der Waals surface area contributed by atoms with Gasteiger partial charge in [0.15, 0.2) is 0 Å². The van der Waals surface area contributed by atoms with Gasteiger partial charge in [0.1, 0.15) is 11.4 Å². The minimum atomic E-state index is -2.74. The van der Waals surface area contributed by atoms with Gasteiger partial charge in [-0.1, -0.05) is 11.6 Å². The molecule has 1 unspecified atom stereocenters. The van der Waals surface area contributed by atoms with Gasteiger partial charge in [0, 0.05) is 7.05 Å². The molecule has 1 aromatic rings. The number of nitrogens with zero attached hydrogens (tertiary/aromatic N) is 1. The van der Waals surface area contributed by atoms with Gasteiger partial charge in [-0.05, 0) is 19.1 Å². The van der Waals surface area contributed by atoms with E-state index in [2.05, 4.69) is 4.28 Å². The van der Waals surface area contributed by atoms with Crippen LogP contribution in [0.2, 0.25) is 0 Å². The van der Waals surface area contributed by atoms with E-state index in [1.54, 1.807) is 13.0 Å². The van der Waals surface area contributed by atoms with Crippen LogP contribution in [0.25, 0.3) is 0 Å². The van der Waals surface area contributed by atoms with Crippen molar-refractivity contribution >= 4 is 23.0 Å². The van der Waals surface area contributed by atoms with Crippen LogP contribution < -0.4 is 5.06 Å². The minimum absolute atomic E-state index is 0.0204. The molecular weight excluding hydrogens is 234 g/mol. The summed E-state index contributed by atoms with van der Waals surface area (Å²) in [6.45, 7) is 1.74. The highest BCUT2D eigenvalue weighted by molar-refractivity contribution is 7.74. The number of carboxylic acids is 1. The first kappa shape index (κ1) is 12.6. The SMILES string of the molecule is Cc1ccc(N(C)OS(=O)[O-])c(C(=O)O)c1. The summed E-state index contributed by atoms with van der Waals surface area (Å²) < 4.78 is 25.0. The summed E-state index contributed by atoms with van der Waals surface area (Å²) in [7, 11) is 1.31. The Labute approximate surface area is 94.9 Å². The van der Waals surface area contributed by atoms with Gasteiger partial charge >= 0.3 is 5.97 Å². The van der Waals surface area contributed by atoms with E-state index in [1.807, 2.05) is 0 Å². The summed E-state index contributed by atoms with van der Waals surface area (Å²) in [6.07, 6.45) is 0. The Kier molecular flexibility index (Phi) is 3.99. The number of carbonyl (C=O) groups is 1. The molecule has 0 saturated carbocycles. The van der Waals surface area contributed by atoms with Crippen molar-refractivity contribution in [1.82, 2.24) is 0 Å². The molecule has 0 spiro atoms. The molecule has 0 aromatic heterocycles. The molecule has 0 heterocycles. The number of benzene rings is 1. The third-order valence-corrected chi connectivity index (χ3v) is 2.24. The Balaban J connectivity index is 3.12. The van der Waals surface area contributed by atoms with Crippen LogP contribution in [0.15, 0.2) is 18.2 Å². The lowest BCUT2D eigenvalue weighted by molar-refractivity contribution is 0.0696. The van der Waals surface area contributed by atoms with E-state index < -0.39 is 17.3 Å². The highest BCUT2D eigenvalue weighted by atomic mass is 32.2. The van der Waals surface area contributed by atoms with Crippen LogP contribution in [0.3, 0.4) is 0 Å². The lowest BCUT2D eigenvalue weighted by Crippen LogP contribution is -2.21. The molecule has 1 N–H and O–H groups in total. The number of rotatable bonds is 4. The second-order valence-corrected chi connectivity index (χ2v) is 3.66. The standard InChI is InChI=1S/C9H11NO5S/c1-6-3-4-8(7(5-6)9(11)12)10(2)15-16(13)14/h3-5H,1-2H3,(H,11,12)(H,13,14)/p-1. The van der Waals surface area contributed by atoms with E-state index in [0.29, 0.717) is 0 Å². The van der Waals surface area contributed by atoms with E-state index in [0.717, 1.165) is 10.6 Å². The molecule has 6 nitrogen and oxygen atoms in total. The van der Waals surface area contributed by atoms with Crippen molar-refractivity contribution in [3.63, 3.8) is 0 Å². The summed E-state index contributed by atoms with van der Waals surface area (Å²) >= 11 is -2.74. The Morgan fingerprint density at radius 3 is 2.69 bits per heavy atom. The third kappa shape index (κ3) is 3.02. The topological polar surface area (TPSA) is 89.9 Å². The monoisotopic (exact) mass is 244 g/mol. The lowest BCUT2D eigenvalue weighted by Gasteiger charge is -2.20. The molecule has 16 heavy (non-hydrogen) atoms. The molecule has 0 fully saturated rings. The van der Waals surface area contributed by atoms with Gasteiger partial charge in [-0.2, -0.15) is 4.28 Å². The van der Waals surface area contributed by atoms with Gasteiger partial charge in [0.2, 0.25) is 0 Å². The Morgan fingerprint density at radius 1 is 1.56 bits per heavy atom. The quantitative estimate of drug-likeness (QED) is 0.624. The first-order chi connectivity index (χ1) is 7.41. The van der Waals surface area contributed by atoms with Gasteiger partial charge in [-0.3, -0.25) is 0 Å². The molecule has 7 heteroatoms. The Bertz CT molecular complexity index is 434. The zero-order valence-corrected chi connectivity index (χ0v) is 9.48. The van der Waals surface area contributed by atoms with Crippen molar-refractivity contribution in [3.05, 3.63) is 29.3 Å². The summed E-state index contributed by atoms with van der Waals surface area (Å²) in [5, 5.41) is 9.82. The molecular formula is C9H10NO5S-. The van der Waals surface area contributed by atoms with Crippen molar-refractivity contribution in [3.8, 4) is 0 Å². The Hall–Kier alpha value is -1.44. The average molecular weight is 244 g/mol. The fourth-order valence-electron chi connectivity index (χ4n) is 1.23. The number of hydrogen-bond acceptors (Lipinski definition) is 5. The summed E-state index contributed by atoms with van der Waals surface area (Å²) in [5.74, 6) is -1.15. The molecule has 0 aliphatic rings. The molecule has 1 aromatic carbocycles. The van der Waals surface area contributed by atoms with E-state index in [9.17, 15) is 13.6 Å². The molecule has 0 amide bonds. The molecule has 0 radical (unpaired) electrons. The second kappa shape index (κ2) is 5.06. The van der Waals surface area contributed by atoms with Crippen molar-refractivity contribution in [1.29, 1.82) is 0 Å². The maximum Gasteiger partial charge on any atom is 0.337 e. The predicted molar refractivity (Wildman–Crippen MR) is 56.5 cm³/mol. The van der Waals surface area contributed by atoms with Crippen molar-refractivity contribution in [2.45, 2.75) is 6.92 Å². The summed E-state index contributed by atoms with van der Waals surface area (Å²) in [5.41, 5.74) is 0.910. The van der Waals surface area contributed by atoms with Gasteiger partial charge in [0.05, 0.1) is 11.3 Å². The van der Waals surface area contributed by atoms with E-state index >= 15 is 0 Å². The van der Waals surface area contributed by atoms with Crippen LogP contribution in [0.1, 0.15) is 15.9 Å². The van der Waals surface area contributed by atoms with E-state index in [4.69, 9.17) is 5.11 Å². The smallest absolute Gasteiger partial charge is 0.337 e. The number of anilines is 1. The molecule has 1 atom stereocenters. The summed E-state index contributed by atoms with van der Waals surface area (Å²) in [6, 6.07) is 4.58. The van der Waals surface area contributed by atoms with Gasteiger partial charge in [-0.15, -0.1) is 0 Å². The maximum absolute atomic E-state index is 10.9. The number of aryl methyl sites for hydroxylation is 1. The van der Waals surface area contributed by atoms with Gasteiger partial charge < -0.3 is 9.66 Å². The van der Waals surface area contributed by atoms with Crippen molar-refractivity contribution in [2.24, 2.45) is 0 Å².